The summed E-state index contributed by atoms with van der Waals surface area (Å²) >= 11 is 0. The van der Waals surface area contributed by atoms with Gasteiger partial charge in [-0.2, -0.15) is 0 Å². The molecule has 1 rings (SSSR count). The van der Waals surface area contributed by atoms with Crippen molar-refractivity contribution in [2.45, 2.75) is 13.8 Å². The fraction of sp³-hybridized carbons (Fsp3) is 0.300. The first-order valence-corrected chi connectivity index (χ1v) is 3.80. The van der Waals surface area contributed by atoms with Crippen LogP contribution in [0.25, 0.3) is 0 Å². The number of ether oxygens (including phenoxy) is 1. The van der Waals surface area contributed by atoms with E-state index in [-0.39, 0.29) is 0 Å². The van der Waals surface area contributed by atoms with Gasteiger partial charge in [0.25, 0.3) is 0 Å². The highest BCUT2D eigenvalue weighted by atomic mass is 16.5. The first kappa shape index (κ1) is 9.40. The van der Waals surface area contributed by atoms with Crippen LogP contribution in [-0.2, 0) is 9.53 Å². The Bertz CT molecular complexity index is 357. The minimum atomic E-state index is -0.563. The summed E-state index contributed by atoms with van der Waals surface area (Å²) < 4.78 is 9.58. The number of hydrogen-bond donors (Lipinski definition) is 0. The third-order valence-electron chi connectivity index (χ3n) is 1.64. The molecule has 1 aromatic heterocycles. The number of rotatable bonds is 0. The molecule has 1 heterocycles. The highest BCUT2D eigenvalue weighted by Gasteiger charge is 2.00. The summed E-state index contributed by atoms with van der Waals surface area (Å²) in [6.45, 7) is 3.76. The molecule has 3 heteroatoms. The summed E-state index contributed by atoms with van der Waals surface area (Å²) in [4.78, 5) is 10.6. The Morgan fingerprint density at radius 2 is 2.23 bits per heavy atom. The molecule has 0 N–H and O–H groups in total. The molecular formula is C10H10O3. The summed E-state index contributed by atoms with van der Waals surface area (Å²) in [5.74, 6) is 5.59. The maximum atomic E-state index is 10.6. The molecule has 0 saturated carbocycles. The second-order valence-electron chi connectivity index (χ2n) is 2.59. The fourth-order valence-electron chi connectivity index (χ4n) is 0.798. The first-order chi connectivity index (χ1) is 6.13. The Morgan fingerprint density at radius 1 is 1.54 bits per heavy atom. The third kappa shape index (κ3) is 2.38. The predicted molar refractivity (Wildman–Crippen MR) is 47.1 cm³/mol. The lowest BCUT2D eigenvalue weighted by atomic mass is 10.3. The molecule has 0 atom stereocenters. The molecule has 0 fully saturated rings. The zero-order valence-corrected chi connectivity index (χ0v) is 7.80. The summed E-state index contributed by atoms with van der Waals surface area (Å²) in [7, 11) is 1.29. The van der Waals surface area contributed by atoms with Crippen molar-refractivity contribution in [1.29, 1.82) is 0 Å². The van der Waals surface area contributed by atoms with Gasteiger partial charge in [0, 0.05) is 5.92 Å². The predicted octanol–water partition coefficient (Wildman–Crippen LogP) is 1.42. The van der Waals surface area contributed by atoms with E-state index in [4.69, 9.17) is 4.42 Å². The molecule has 1 aromatic rings. The Morgan fingerprint density at radius 3 is 2.69 bits per heavy atom. The van der Waals surface area contributed by atoms with Gasteiger partial charge in [0.05, 0.1) is 7.11 Å². The molecule has 13 heavy (non-hydrogen) atoms. The Labute approximate surface area is 76.7 Å². The lowest BCUT2D eigenvalue weighted by molar-refractivity contribution is -0.133. The van der Waals surface area contributed by atoms with Crippen molar-refractivity contribution in [2.24, 2.45) is 0 Å². The van der Waals surface area contributed by atoms with E-state index in [9.17, 15) is 4.79 Å². The van der Waals surface area contributed by atoms with Crippen molar-refractivity contribution in [3.63, 3.8) is 0 Å². The van der Waals surface area contributed by atoms with Gasteiger partial charge in [-0.15, -0.1) is 0 Å². The maximum absolute atomic E-state index is 10.6. The van der Waals surface area contributed by atoms with Crippen LogP contribution in [0.2, 0.25) is 0 Å². The number of hydrogen-bond acceptors (Lipinski definition) is 3. The molecular weight excluding hydrogens is 168 g/mol. The van der Waals surface area contributed by atoms with Gasteiger partial charge in [0.1, 0.15) is 5.76 Å². The molecule has 0 saturated heterocycles. The average molecular weight is 178 g/mol. The van der Waals surface area contributed by atoms with Crippen LogP contribution in [0.3, 0.4) is 0 Å². The number of furan rings is 1. The second kappa shape index (κ2) is 3.81. The minimum absolute atomic E-state index is 0.486. The van der Waals surface area contributed by atoms with E-state index in [1.165, 1.54) is 7.11 Å². The van der Waals surface area contributed by atoms with Crippen LogP contribution in [0.1, 0.15) is 17.1 Å². The normalized spacial score (nSPS) is 8.85. The molecule has 0 amide bonds. The molecule has 0 aromatic carbocycles. The number of methoxy groups -OCH3 is 1. The van der Waals surface area contributed by atoms with Gasteiger partial charge >= 0.3 is 5.97 Å². The van der Waals surface area contributed by atoms with Gasteiger partial charge in [-0.1, -0.05) is 0 Å². The molecule has 0 radical (unpaired) electrons. The average Bonchev–Trinajstić information content (AvgIpc) is 2.42. The van der Waals surface area contributed by atoms with Crippen molar-refractivity contribution < 1.29 is 13.9 Å². The van der Waals surface area contributed by atoms with Crippen LogP contribution in [0.4, 0.5) is 0 Å². The number of aryl methyl sites for hydroxylation is 2. The SMILES string of the molecule is COC(=O)C#Cc1cc(C)c(C)o1. The third-order valence-corrected chi connectivity index (χ3v) is 1.64. The highest BCUT2D eigenvalue weighted by molar-refractivity contribution is 5.88. The van der Waals surface area contributed by atoms with E-state index in [1.807, 2.05) is 13.8 Å². The molecule has 3 nitrogen and oxygen atoms in total. The zero-order chi connectivity index (χ0) is 9.84. The van der Waals surface area contributed by atoms with Crippen LogP contribution < -0.4 is 0 Å². The molecule has 68 valence electrons. The fourth-order valence-corrected chi connectivity index (χ4v) is 0.798. The van der Waals surface area contributed by atoms with Crippen LogP contribution in [0.15, 0.2) is 10.5 Å². The Hall–Kier alpha value is -1.69. The van der Waals surface area contributed by atoms with Crippen molar-refractivity contribution in [1.82, 2.24) is 0 Å². The number of esters is 1. The lowest BCUT2D eigenvalue weighted by Gasteiger charge is -1.83. The molecule has 0 aliphatic carbocycles. The summed E-state index contributed by atoms with van der Waals surface area (Å²) in [6.07, 6.45) is 0. The smallest absolute Gasteiger partial charge is 0.384 e. The van der Waals surface area contributed by atoms with Crippen LogP contribution in [0.5, 0.6) is 0 Å². The Kier molecular flexibility index (Phi) is 2.76. The van der Waals surface area contributed by atoms with E-state index in [0.29, 0.717) is 5.76 Å². The van der Waals surface area contributed by atoms with Gasteiger partial charge in [-0.05, 0) is 31.4 Å². The van der Waals surface area contributed by atoms with Gasteiger partial charge in [-0.25, -0.2) is 4.79 Å². The van der Waals surface area contributed by atoms with E-state index in [0.717, 1.165) is 11.3 Å². The second-order valence-corrected chi connectivity index (χ2v) is 2.59. The largest absolute Gasteiger partial charge is 0.459 e. The summed E-state index contributed by atoms with van der Waals surface area (Å²) in [5.41, 5.74) is 1.02. The monoisotopic (exact) mass is 178 g/mol. The van der Waals surface area contributed by atoms with Gasteiger partial charge in [0.15, 0.2) is 5.76 Å². The van der Waals surface area contributed by atoms with Crippen molar-refractivity contribution >= 4 is 5.97 Å². The van der Waals surface area contributed by atoms with Crippen molar-refractivity contribution in [2.75, 3.05) is 7.11 Å². The summed E-state index contributed by atoms with van der Waals surface area (Å²) in [6, 6.07) is 1.78. The standard InChI is InChI=1S/C10H10O3/c1-7-6-9(13-8(7)2)4-5-10(11)12-3/h6H,1-3H3. The van der Waals surface area contributed by atoms with Gasteiger partial charge in [0.2, 0.25) is 0 Å². The zero-order valence-electron chi connectivity index (χ0n) is 7.80. The lowest BCUT2D eigenvalue weighted by Crippen LogP contribution is -1.94. The van der Waals surface area contributed by atoms with E-state index >= 15 is 0 Å². The van der Waals surface area contributed by atoms with Crippen LogP contribution in [0, 0.1) is 25.7 Å². The molecule has 0 aliphatic heterocycles. The molecule has 0 bridgehead atoms. The van der Waals surface area contributed by atoms with E-state index < -0.39 is 5.97 Å². The summed E-state index contributed by atoms with van der Waals surface area (Å²) in [5, 5.41) is 0. The van der Waals surface area contributed by atoms with Crippen LogP contribution >= 0.6 is 0 Å². The highest BCUT2D eigenvalue weighted by Crippen LogP contribution is 2.11. The van der Waals surface area contributed by atoms with Crippen molar-refractivity contribution in [3.05, 3.63) is 23.2 Å². The number of carbonyl (C=O) groups is 1. The molecule has 0 spiro atoms. The van der Waals surface area contributed by atoms with E-state index in [2.05, 4.69) is 16.6 Å². The molecule has 0 aliphatic rings. The minimum Gasteiger partial charge on any atom is -0.459 e. The van der Waals surface area contributed by atoms with Crippen LogP contribution in [-0.4, -0.2) is 13.1 Å². The Balaban J connectivity index is 2.84. The van der Waals surface area contributed by atoms with Gasteiger partial charge in [-0.3, -0.25) is 0 Å². The number of carbonyl (C=O) groups excluding carboxylic acids is 1. The topological polar surface area (TPSA) is 39.4 Å². The van der Waals surface area contributed by atoms with Crippen molar-refractivity contribution in [3.8, 4) is 11.8 Å². The molecule has 0 unspecified atom stereocenters. The van der Waals surface area contributed by atoms with E-state index in [1.54, 1.807) is 6.07 Å². The quantitative estimate of drug-likeness (QED) is 0.445. The van der Waals surface area contributed by atoms with Gasteiger partial charge < -0.3 is 9.15 Å². The first-order valence-electron chi connectivity index (χ1n) is 3.80. The maximum Gasteiger partial charge on any atom is 0.384 e.